The fourth-order valence-electron chi connectivity index (χ4n) is 4.10. The SMILES string of the molecule is CN(C)C(=O)c1cc(F)cc(-c2c[nH]c3nccc(Oc4c(F)cc(NC5=NCC(F)(CO)CO5)cc4F)c23)c1. The van der Waals surface area contributed by atoms with Gasteiger partial charge in [-0.2, -0.15) is 0 Å². The van der Waals surface area contributed by atoms with Crippen LogP contribution >= 0.6 is 0 Å². The first kappa shape index (κ1) is 26.9. The van der Waals surface area contributed by atoms with E-state index in [4.69, 9.17) is 14.6 Å². The van der Waals surface area contributed by atoms with Crippen LogP contribution in [0.1, 0.15) is 10.4 Å². The van der Waals surface area contributed by atoms with E-state index >= 15 is 8.78 Å². The number of hydrogen-bond donors (Lipinski definition) is 3. The lowest BCUT2D eigenvalue weighted by atomic mass is 10.0. The van der Waals surface area contributed by atoms with Gasteiger partial charge in [-0.05, 0) is 29.8 Å². The molecule has 2 aromatic carbocycles. The van der Waals surface area contributed by atoms with Crippen LogP contribution in [-0.2, 0) is 4.74 Å². The van der Waals surface area contributed by atoms with E-state index < -0.39 is 48.0 Å². The molecule has 0 saturated heterocycles. The Morgan fingerprint density at radius 2 is 1.95 bits per heavy atom. The predicted molar refractivity (Wildman–Crippen MR) is 139 cm³/mol. The summed E-state index contributed by atoms with van der Waals surface area (Å²) < 4.78 is 69.4. The first-order valence-electron chi connectivity index (χ1n) is 12.0. The number of aliphatic hydroxyl groups excluding tert-OH is 1. The zero-order chi connectivity index (χ0) is 28.6. The van der Waals surface area contributed by atoms with Crippen LogP contribution in [0.2, 0.25) is 0 Å². The fraction of sp³-hybridized carbons (Fsp3) is 0.222. The van der Waals surface area contributed by atoms with Gasteiger partial charge in [-0.25, -0.2) is 27.5 Å². The molecule has 0 spiro atoms. The summed E-state index contributed by atoms with van der Waals surface area (Å²) in [6.45, 7) is -1.64. The molecule has 0 fully saturated rings. The van der Waals surface area contributed by atoms with E-state index in [2.05, 4.69) is 20.3 Å². The molecule has 1 amide bonds. The maximum atomic E-state index is 15.1. The van der Waals surface area contributed by atoms with Crippen molar-refractivity contribution >= 4 is 28.6 Å². The number of pyridine rings is 1. The van der Waals surface area contributed by atoms with Crippen molar-refractivity contribution in [3.63, 3.8) is 0 Å². The summed E-state index contributed by atoms with van der Waals surface area (Å²) in [6, 6.07) is 6.94. The number of anilines is 1. The Balaban J connectivity index is 1.47. The Bertz CT molecular complexity index is 1620. The third-order valence-corrected chi connectivity index (χ3v) is 6.12. The molecule has 0 bridgehead atoms. The maximum absolute atomic E-state index is 15.1. The molecule has 5 rings (SSSR count). The third-order valence-electron chi connectivity index (χ3n) is 6.12. The van der Waals surface area contributed by atoms with E-state index in [1.54, 1.807) is 14.1 Å². The average Bonchev–Trinajstić information content (AvgIpc) is 3.36. The number of alkyl halides is 1. The number of fused-ring (bicyclic) bond motifs is 1. The minimum absolute atomic E-state index is 0.0211. The third kappa shape index (κ3) is 5.27. The van der Waals surface area contributed by atoms with Gasteiger partial charge in [0.05, 0.1) is 18.5 Å². The fourth-order valence-corrected chi connectivity index (χ4v) is 4.10. The highest BCUT2D eigenvalue weighted by molar-refractivity contribution is 6.00. The van der Waals surface area contributed by atoms with Crippen LogP contribution in [0.3, 0.4) is 0 Å². The van der Waals surface area contributed by atoms with Crippen LogP contribution in [0.15, 0.2) is 53.8 Å². The number of benzene rings is 2. The second-order valence-electron chi connectivity index (χ2n) is 9.38. The maximum Gasteiger partial charge on any atom is 0.289 e. The smallest absolute Gasteiger partial charge is 0.289 e. The number of carbonyl (C=O) groups is 1. The quantitative estimate of drug-likeness (QED) is 0.298. The van der Waals surface area contributed by atoms with Gasteiger partial charge >= 0.3 is 0 Å². The number of halogens is 4. The predicted octanol–water partition coefficient (Wildman–Crippen LogP) is 4.64. The summed E-state index contributed by atoms with van der Waals surface area (Å²) in [6.07, 6.45) is 2.89. The second-order valence-corrected chi connectivity index (χ2v) is 9.38. The monoisotopic (exact) mass is 557 g/mol. The van der Waals surface area contributed by atoms with Gasteiger partial charge in [0.15, 0.2) is 23.1 Å². The van der Waals surface area contributed by atoms with Crippen LogP contribution in [0.25, 0.3) is 22.2 Å². The van der Waals surface area contributed by atoms with Gasteiger partial charge in [-0.1, -0.05) is 0 Å². The highest BCUT2D eigenvalue weighted by atomic mass is 19.1. The first-order valence-corrected chi connectivity index (χ1v) is 12.0. The Labute approximate surface area is 225 Å². The van der Waals surface area contributed by atoms with Crippen LogP contribution in [-0.4, -0.2) is 71.4 Å². The number of amides is 1. The van der Waals surface area contributed by atoms with Crippen LogP contribution in [0, 0.1) is 17.5 Å². The highest BCUT2D eigenvalue weighted by Gasteiger charge is 2.34. The number of H-pyrrole nitrogens is 1. The van der Waals surface area contributed by atoms with Gasteiger partial charge in [0.1, 0.15) is 23.8 Å². The Kier molecular flexibility index (Phi) is 7.06. The number of aliphatic imine (C=N–C) groups is 1. The number of carbonyl (C=O) groups excluding carboxylic acids is 1. The topological polar surface area (TPSA) is 112 Å². The molecule has 1 unspecified atom stereocenters. The Hall–Kier alpha value is -4.65. The van der Waals surface area contributed by atoms with Crippen molar-refractivity contribution in [1.29, 1.82) is 0 Å². The normalized spacial score (nSPS) is 16.8. The minimum Gasteiger partial charge on any atom is -0.461 e. The number of nitrogens with one attached hydrogen (secondary N) is 2. The number of aliphatic hydroxyl groups is 1. The van der Waals surface area contributed by atoms with Crippen molar-refractivity contribution in [2.24, 2.45) is 4.99 Å². The first-order chi connectivity index (χ1) is 19.1. The molecule has 0 aliphatic carbocycles. The summed E-state index contributed by atoms with van der Waals surface area (Å²) in [4.78, 5) is 24.7. The molecule has 0 saturated carbocycles. The summed E-state index contributed by atoms with van der Waals surface area (Å²) in [7, 11) is 3.08. The number of hydrogen-bond acceptors (Lipinski definition) is 7. The van der Waals surface area contributed by atoms with Crippen molar-refractivity contribution in [2.45, 2.75) is 5.67 Å². The molecule has 2 aromatic heterocycles. The molecule has 3 N–H and O–H groups in total. The van der Waals surface area contributed by atoms with Crippen LogP contribution in [0.5, 0.6) is 11.5 Å². The summed E-state index contributed by atoms with van der Waals surface area (Å²) in [5.41, 5.74) is -0.972. The summed E-state index contributed by atoms with van der Waals surface area (Å²) in [5.74, 6) is -3.89. The molecule has 1 atom stereocenters. The molecule has 1 aliphatic heterocycles. The molecular formula is C27H23F4N5O4. The zero-order valence-corrected chi connectivity index (χ0v) is 21.3. The Morgan fingerprint density at radius 1 is 1.20 bits per heavy atom. The largest absolute Gasteiger partial charge is 0.461 e. The van der Waals surface area contributed by atoms with Gasteiger partial charge in [0.2, 0.25) is 0 Å². The number of rotatable bonds is 6. The number of aromatic amines is 1. The lowest BCUT2D eigenvalue weighted by Gasteiger charge is -2.26. The van der Waals surface area contributed by atoms with E-state index in [0.717, 1.165) is 18.2 Å². The van der Waals surface area contributed by atoms with E-state index in [-0.39, 0.29) is 29.6 Å². The van der Waals surface area contributed by atoms with Gasteiger partial charge in [0.25, 0.3) is 11.9 Å². The second kappa shape index (κ2) is 10.5. The van der Waals surface area contributed by atoms with Crippen LogP contribution in [0.4, 0.5) is 23.2 Å². The summed E-state index contributed by atoms with van der Waals surface area (Å²) in [5, 5.41) is 11.9. The molecule has 13 heteroatoms. The van der Waals surface area contributed by atoms with Crippen molar-refractivity contribution < 1.29 is 36.9 Å². The lowest BCUT2D eigenvalue weighted by Crippen LogP contribution is -2.43. The van der Waals surface area contributed by atoms with Crippen molar-refractivity contribution in [1.82, 2.24) is 14.9 Å². The van der Waals surface area contributed by atoms with Crippen molar-refractivity contribution in [3.05, 3.63) is 71.8 Å². The molecule has 40 heavy (non-hydrogen) atoms. The number of ether oxygens (including phenoxy) is 2. The molecule has 0 radical (unpaired) electrons. The van der Waals surface area contributed by atoms with Crippen LogP contribution < -0.4 is 10.1 Å². The number of nitrogens with zero attached hydrogens (tertiary/aromatic N) is 3. The Morgan fingerprint density at radius 3 is 2.60 bits per heavy atom. The van der Waals surface area contributed by atoms with Gasteiger partial charge in [-0.15, -0.1) is 0 Å². The lowest BCUT2D eigenvalue weighted by molar-refractivity contribution is 0.0181. The average molecular weight is 558 g/mol. The standard InChI is InChI=1S/C27H23F4N5O4/c1-36(2)25(38)15-5-14(6-16(28)7-15)18-10-33-24-22(18)21(3-4-32-24)40-23-19(29)8-17(9-20(23)30)35-26-34-11-27(31,12-37)13-39-26/h3-10,37H,11-13H2,1-2H3,(H,32,33)(H,34,35). The highest BCUT2D eigenvalue weighted by Crippen LogP contribution is 2.39. The van der Waals surface area contributed by atoms with E-state index in [0.29, 0.717) is 22.2 Å². The van der Waals surface area contributed by atoms with Gasteiger partial charge in [-0.3, -0.25) is 4.79 Å². The minimum atomic E-state index is -2.03. The number of aromatic nitrogens is 2. The molecule has 4 aromatic rings. The zero-order valence-electron chi connectivity index (χ0n) is 21.3. The van der Waals surface area contributed by atoms with Gasteiger partial charge < -0.3 is 29.8 Å². The molecule has 9 nitrogen and oxygen atoms in total. The van der Waals surface area contributed by atoms with E-state index in [1.165, 1.54) is 35.5 Å². The van der Waals surface area contributed by atoms with E-state index in [1.807, 2.05) is 0 Å². The molecule has 208 valence electrons. The summed E-state index contributed by atoms with van der Waals surface area (Å²) >= 11 is 0. The van der Waals surface area contributed by atoms with E-state index in [9.17, 15) is 13.6 Å². The van der Waals surface area contributed by atoms with Crippen molar-refractivity contribution in [2.75, 3.05) is 39.2 Å². The molecular weight excluding hydrogens is 534 g/mol. The van der Waals surface area contributed by atoms with Gasteiger partial charge in [0, 0.05) is 55.4 Å². The molecule has 1 aliphatic rings. The molecule has 3 heterocycles. The number of amidine groups is 1. The van der Waals surface area contributed by atoms with Crippen molar-refractivity contribution in [3.8, 4) is 22.6 Å².